The summed E-state index contributed by atoms with van der Waals surface area (Å²) in [4.78, 5) is 20.6. The third-order valence-electron chi connectivity index (χ3n) is 4.51. The quantitative estimate of drug-likeness (QED) is 0.136. The second-order valence-corrected chi connectivity index (χ2v) is 9.63. The van der Waals surface area contributed by atoms with E-state index in [1.807, 2.05) is 14.0 Å². The zero-order valence-corrected chi connectivity index (χ0v) is 20.5. The molecule has 4 aromatic rings. The van der Waals surface area contributed by atoms with Crippen molar-refractivity contribution in [2.45, 2.75) is 13.5 Å². The second kappa shape index (κ2) is 10.7. The number of halogens is 2. The van der Waals surface area contributed by atoms with E-state index < -0.39 is 0 Å². The monoisotopic (exact) mass is 512 g/mol. The van der Waals surface area contributed by atoms with Crippen LogP contribution in [-0.4, -0.2) is 44.2 Å². The minimum atomic E-state index is -0.299. The second-order valence-electron chi connectivity index (χ2n) is 7.13. The largest absolute Gasteiger partial charge is 0.299 e. The summed E-state index contributed by atoms with van der Waals surface area (Å²) in [6.07, 6.45) is 7.01. The number of hydrogen-bond donors (Lipinski definition) is 0. The number of hydrazone groups is 1. The molecule has 0 aliphatic heterocycles. The highest BCUT2D eigenvalue weighted by atomic mass is 35.5. The Morgan fingerprint density at radius 3 is 2.68 bits per heavy atom. The molecule has 0 saturated heterocycles. The molecule has 172 valence electrons. The average molecular weight is 513 g/mol. The van der Waals surface area contributed by atoms with Crippen LogP contribution in [-0.2, 0) is 11.3 Å². The SMILES string of the molecule is Cc1nc(-c2cncc(Cl)c2)sc1C(/C=C\C=O)=N/N(C)Cc1nnc(-c2ccc(F)cc2)s1. The van der Waals surface area contributed by atoms with Crippen molar-refractivity contribution >= 4 is 46.3 Å². The molecule has 0 amide bonds. The van der Waals surface area contributed by atoms with Gasteiger partial charge in [0.05, 0.1) is 22.1 Å². The molecule has 0 bridgehead atoms. The maximum atomic E-state index is 13.2. The van der Waals surface area contributed by atoms with Crippen molar-refractivity contribution in [3.8, 4) is 21.1 Å². The molecule has 0 aliphatic carbocycles. The molecule has 0 radical (unpaired) electrons. The normalized spacial score (nSPS) is 11.8. The molecule has 34 heavy (non-hydrogen) atoms. The lowest BCUT2D eigenvalue weighted by Gasteiger charge is -2.12. The van der Waals surface area contributed by atoms with Crippen LogP contribution >= 0.6 is 34.3 Å². The summed E-state index contributed by atoms with van der Waals surface area (Å²) in [5.74, 6) is -0.299. The van der Waals surface area contributed by atoms with Crippen LogP contribution in [0.2, 0.25) is 5.02 Å². The van der Waals surface area contributed by atoms with Gasteiger partial charge < -0.3 is 0 Å². The van der Waals surface area contributed by atoms with Crippen LogP contribution in [0.3, 0.4) is 0 Å². The van der Waals surface area contributed by atoms with E-state index in [2.05, 4.69) is 25.3 Å². The average Bonchev–Trinajstić information content (AvgIpc) is 3.44. The first-order valence-electron chi connectivity index (χ1n) is 10.0. The molecule has 0 atom stereocenters. The Morgan fingerprint density at radius 2 is 1.94 bits per heavy atom. The molecule has 7 nitrogen and oxygen atoms in total. The Morgan fingerprint density at radius 1 is 1.15 bits per heavy atom. The van der Waals surface area contributed by atoms with Gasteiger partial charge in [-0.1, -0.05) is 22.9 Å². The number of nitrogens with zero attached hydrogens (tertiary/aromatic N) is 6. The van der Waals surface area contributed by atoms with Crippen molar-refractivity contribution in [2.24, 2.45) is 5.10 Å². The van der Waals surface area contributed by atoms with Crippen molar-refractivity contribution in [3.63, 3.8) is 0 Å². The van der Waals surface area contributed by atoms with Crippen LogP contribution in [0.4, 0.5) is 4.39 Å². The third-order valence-corrected chi connectivity index (χ3v) is 6.91. The van der Waals surface area contributed by atoms with Gasteiger partial charge in [-0.15, -0.1) is 21.5 Å². The Labute approximate surface area is 208 Å². The van der Waals surface area contributed by atoms with Crippen LogP contribution < -0.4 is 0 Å². The zero-order valence-electron chi connectivity index (χ0n) is 18.1. The van der Waals surface area contributed by atoms with E-state index in [0.717, 1.165) is 31.7 Å². The third kappa shape index (κ3) is 5.77. The van der Waals surface area contributed by atoms with Crippen LogP contribution in [0.15, 0.2) is 60.0 Å². The van der Waals surface area contributed by atoms with E-state index in [4.69, 9.17) is 11.6 Å². The number of carbonyl (C=O) groups is 1. The zero-order chi connectivity index (χ0) is 24.1. The van der Waals surface area contributed by atoms with Gasteiger partial charge in [-0.25, -0.2) is 9.37 Å². The summed E-state index contributed by atoms with van der Waals surface area (Å²) in [5.41, 5.74) is 2.97. The summed E-state index contributed by atoms with van der Waals surface area (Å²) < 4.78 is 13.2. The molecule has 0 saturated carbocycles. The predicted molar refractivity (Wildman–Crippen MR) is 134 cm³/mol. The van der Waals surface area contributed by atoms with E-state index in [1.54, 1.807) is 41.7 Å². The lowest BCUT2D eigenvalue weighted by molar-refractivity contribution is -0.104. The molecule has 0 spiro atoms. The first-order valence-corrected chi connectivity index (χ1v) is 12.0. The number of aldehydes is 1. The van der Waals surface area contributed by atoms with Gasteiger partial charge in [0.15, 0.2) is 0 Å². The highest BCUT2D eigenvalue weighted by Gasteiger charge is 2.15. The number of thiazole rings is 1. The Hall–Kier alpha value is -3.34. The van der Waals surface area contributed by atoms with Gasteiger partial charge in [-0.2, -0.15) is 5.10 Å². The molecule has 1 aromatic carbocycles. The highest BCUT2D eigenvalue weighted by Crippen LogP contribution is 2.30. The fourth-order valence-corrected chi connectivity index (χ4v) is 5.09. The van der Waals surface area contributed by atoms with Gasteiger partial charge in [-0.3, -0.25) is 14.8 Å². The molecular formula is C23H18ClFN6OS2. The van der Waals surface area contributed by atoms with Crippen LogP contribution in [0.5, 0.6) is 0 Å². The van der Waals surface area contributed by atoms with Crippen LogP contribution in [0.1, 0.15) is 15.6 Å². The number of aromatic nitrogens is 4. The summed E-state index contributed by atoms with van der Waals surface area (Å²) in [7, 11) is 1.81. The number of rotatable bonds is 8. The topological polar surface area (TPSA) is 84.2 Å². The van der Waals surface area contributed by atoms with Crippen LogP contribution in [0.25, 0.3) is 21.1 Å². The van der Waals surface area contributed by atoms with E-state index in [0.29, 0.717) is 28.6 Å². The molecule has 0 aliphatic rings. The molecular weight excluding hydrogens is 495 g/mol. The summed E-state index contributed by atoms with van der Waals surface area (Å²) >= 11 is 8.92. The lowest BCUT2D eigenvalue weighted by Crippen LogP contribution is -2.14. The van der Waals surface area contributed by atoms with E-state index >= 15 is 0 Å². The van der Waals surface area contributed by atoms with Gasteiger partial charge in [0.2, 0.25) is 0 Å². The van der Waals surface area contributed by atoms with Gasteiger partial charge in [0, 0.05) is 30.6 Å². The number of hydrogen-bond acceptors (Lipinski definition) is 9. The van der Waals surface area contributed by atoms with Crippen molar-refractivity contribution in [1.29, 1.82) is 0 Å². The van der Waals surface area contributed by atoms with E-state index in [9.17, 15) is 9.18 Å². The summed E-state index contributed by atoms with van der Waals surface area (Å²) in [6, 6.07) is 7.93. The smallest absolute Gasteiger partial charge is 0.147 e. The molecule has 11 heteroatoms. The Kier molecular flexibility index (Phi) is 7.51. The molecule has 0 unspecified atom stereocenters. The number of pyridine rings is 1. The maximum Gasteiger partial charge on any atom is 0.147 e. The molecule has 0 fully saturated rings. The summed E-state index contributed by atoms with van der Waals surface area (Å²) in [5, 5.41) is 17.6. The first-order chi connectivity index (χ1) is 16.4. The van der Waals surface area contributed by atoms with Gasteiger partial charge in [0.1, 0.15) is 32.8 Å². The van der Waals surface area contributed by atoms with Crippen LogP contribution in [0, 0.1) is 12.7 Å². The predicted octanol–water partition coefficient (Wildman–Crippen LogP) is 5.42. The van der Waals surface area contributed by atoms with Crippen molar-refractivity contribution in [3.05, 3.63) is 81.3 Å². The maximum absolute atomic E-state index is 13.2. The Balaban J connectivity index is 1.58. The Bertz CT molecular complexity index is 1370. The van der Waals surface area contributed by atoms with E-state index in [-0.39, 0.29) is 5.82 Å². The first kappa shape index (κ1) is 23.8. The molecule has 0 N–H and O–H groups in total. The number of carbonyl (C=O) groups excluding carboxylic acids is 1. The standard InChI is InChI=1S/C23H18ClFN6OS2/c1-14-21(34-22(27-14)16-10-17(24)12-26-11-16)19(4-3-9-32)30-31(2)13-20-28-29-23(33-20)15-5-7-18(25)8-6-15/h3-12H,13H2,1-2H3/b4-3-,30-19+. The minimum absolute atomic E-state index is 0.299. The van der Waals surface area contributed by atoms with E-state index in [1.165, 1.54) is 40.9 Å². The fourth-order valence-electron chi connectivity index (χ4n) is 3.01. The molecule has 3 heterocycles. The van der Waals surface area contributed by atoms with Gasteiger partial charge in [0.25, 0.3) is 0 Å². The fraction of sp³-hybridized carbons (Fsp3) is 0.130. The lowest BCUT2D eigenvalue weighted by atomic mass is 10.2. The molecule has 3 aromatic heterocycles. The summed E-state index contributed by atoms with van der Waals surface area (Å²) in [6.45, 7) is 2.29. The van der Waals surface area contributed by atoms with Crippen molar-refractivity contribution in [1.82, 2.24) is 25.2 Å². The number of aryl methyl sites for hydroxylation is 1. The minimum Gasteiger partial charge on any atom is -0.299 e. The number of allylic oxidation sites excluding steroid dienone is 2. The van der Waals surface area contributed by atoms with Gasteiger partial charge >= 0.3 is 0 Å². The van der Waals surface area contributed by atoms with Crippen molar-refractivity contribution in [2.75, 3.05) is 7.05 Å². The van der Waals surface area contributed by atoms with Crippen molar-refractivity contribution < 1.29 is 9.18 Å². The molecule has 4 rings (SSSR count). The highest BCUT2D eigenvalue weighted by molar-refractivity contribution is 7.17. The van der Waals surface area contributed by atoms with Gasteiger partial charge in [-0.05, 0) is 49.4 Å². The number of benzene rings is 1.